The molecule has 0 aliphatic rings. The second-order valence-electron chi connectivity index (χ2n) is 3.81. The van der Waals surface area contributed by atoms with Gasteiger partial charge in [-0.05, 0) is 32.0 Å². The SMILES string of the molecule is CC(C)NC(=O)CNc1ccc(Br)cc1N. The van der Waals surface area contributed by atoms with E-state index in [4.69, 9.17) is 5.73 Å². The zero-order chi connectivity index (χ0) is 12.1. The summed E-state index contributed by atoms with van der Waals surface area (Å²) in [7, 11) is 0. The third-order valence-corrected chi connectivity index (χ3v) is 2.40. The molecule has 0 radical (unpaired) electrons. The third kappa shape index (κ3) is 4.10. The first-order chi connectivity index (χ1) is 7.49. The van der Waals surface area contributed by atoms with Gasteiger partial charge >= 0.3 is 0 Å². The summed E-state index contributed by atoms with van der Waals surface area (Å²) in [5, 5.41) is 5.78. The fourth-order valence-corrected chi connectivity index (χ4v) is 1.62. The number of rotatable bonds is 4. The summed E-state index contributed by atoms with van der Waals surface area (Å²) < 4.78 is 0.919. The molecule has 0 fully saturated rings. The van der Waals surface area contributed by atoms with Crippen molar-refractivity contribution in [2.75, 3.05) is 17.6 Å². The highest BCUT2D eigenvalue weighted by atomic mass is 79.9. The fraction of sp³-hybridized carbons (Fsp3) is 0.364. The Hall–Kier alpha value is -1.23. The molecule has 1 aromatic carbocycles. The quantitative estimate of drug-likeness (QED) is 0.741. The summed E-state index contributed by atoms with van der Waals surface area (Å²) in [6.45, 7) is 4.07. The summed E-state index contributed by atoms with van der Waals surface area (Å²) in [6.07, 6.45) is 0. The smallest absolute Gasteiger partial charge is 0.239 e. The van der Waals surface area contributed by atoms with Gasteiger partial charge < -0.3 is 16.4 Å². The predicted octanol–water partition coefficient (Wildman–Crippen LogP) is 1.97. The normalized spacial score (nSPS) is 10.2. The predicted molar refractivity (Wildman–Crippen MR) is 70.3 cm³/mol. The van der Waals surface area contributed by atoms with Crippen LogP contribution in [0.3, 0.4) is 0 Å². The molecule has 0 atom stereocenters. The van der Waals surface area contributed by atoms with Gasteiger partial charge in [-0.1, -0.05) is 15.9 Å². The third-order valence-electron chi connectivity index (χ3n) is 1.90. The average Bonchev–Trinajstić information content (AvgIpc) is 2.15. The van der Waals surface area contributed by atoms with Crippen molar-refractivity contribution >= 4 is 33.2 Å². The molecule has 0 aromatic heterocycles. The highest BCUT2D eigenvalue weighted by molar-refractivity contribution is 9.10. The summed E-state index contributed by atoms with van der Waals surface area (Å²) in [6, 6.07) is 5.65. The highest BCUT2D eigenvalue weighted by Crippen LogP contribution is 2.22. The lowest BCUT2D eigenvalue weighted by molar-refractivity contribution is -0.119. The lowest BCUT2D eigenvalue weighted by Crippen LogP contribution is -2.34. The van der Waals surface area contributed by atoms with Crippen molar-refractivity contribution in [2.45, 2.75) is 19.9 Å². The number of nitrogens with two attached hydrogens (primary N) is 1. The Bertz CT molecular complexity index is 379. The summed E-state index contributed by atoms with van der Waals surface area (Å²) in [4.78, 5) is 11.4. The molecule has 0 saturated carbocycles. The van der Waals surface area contributed by atoms with Crippen LogP contribution in [0, 0.1) is 0 Å². The van der Waals surface area contributed by atoms with Gasteiger partial charge in [0.05, 0.1) is 17.9 Å². The van der Waals surface area contributed by atoms with Crippen LogP contribution in [-0.4, -0.2) is 18.5 Å². The zero-order valence-corrected chi connectivity index (χ0v) is 11.0. The van der Waals surface area contributed by atoms with E-state index in [-0.39, 0.29) is 18.5 Å². The molecule has 4 nitrogen and oxygen atoms in total. The largest absolute Gasteiger partial charge is 0.397 e. The van der Waals surface area contributed by atoms with E-state index in [0.717, 1.165) is 10.2 Å². The first-order valence-corrected chi connectivity index (χ1v) is 5.86. The molecule has 88 valence electrons. The molecule has 1 rings (SSSR count). The Balaban J connectivity index is 2.51. The number of benzene rings is 1. The number of nitrogens with one attached hydrogen (secondary N) is 2. The fourth-order valence-electron chi connectivity index (χ4n) is 1.24. The molecule has 4 N–H and O–H groups in total. The Labute approximate surface area is 104 Å². The van der Waals surface area contributed by atoms with Crippen molar-refractivity contribution in [2.24, 2.45) is 0 Å². The van der Waals surface area contributed by atoms with Crippen molar-refractivity contribution in [3.05, 3.63) is 22.7 Å². The molecule has 0 unspecified atom stereocenters. The van der Waals surface area contributed by atoms with E-state index in [1.54, 1.807) is 6.07 Å². The molecule has 16 heavy (non-hydrogen) atoms. The van der Waals surface area contributed by atoms with E-state index in [9.17, 15) is 4.79 Å². The van der Waals surface area contributed by atoms with Crippen molar-refractivity contribution in [1.82, 2.24) is 5.32 Å². The van der Waals surface area contributed by atoms with Crippen LogP contribution in [-0.2, 0) is 4.79 Å². The van der Waals surface area contributed by atoms with Gasteiger partial charge in [-0.25, -0.2) is 0 Å². The highest BCUT2D eigenvalue weighted by Gasteiger charge is 2.04. The van der Waals surface area contributed by atoms with Crippen molar-refractivity contribution in [1.29, 1.82) is 0 Å². The molecule has 0 heterocycles. The topological polar surface area (TPSA) is 67.2 Å². The van der Waals surface area contributed by atoms with Crippen molar-refractivity contribution < 1.29 is 4.79 Å². The maximum Gasteiger partial charge on any atom is 0.239 e. The Morgan fingerprint density at radius 3 is 2.75 bits per heavy atom. The molecule has 1 aromatic rings. The minimum Gasteiger partial charge on any atom is -0.397 e. The van der Waals surface area contributed by atoms with Crippen LogP contribution in [0.5, 0.6) is 0 Å². The molecule has 0 spiro atoms. The van der Waals surface area contributed by atoms with E-state index in [0.29, 0.717) is 5.69 Å². The summed E-state index contributed by atoms with van der Waals surface area (Å²) in [5.41, 5.74) is 7.17. The molecule has 5 heteroatoms. The first kappa shape index (κ1) is 12.8. The van der Waals surface area contributed by atoms with Crippen LogP contribution >= 0.6 is 15.9 Å². The Morgan fingerprint density at radius 1 is 1.50 bits per heavy atom. The van der Waals surface area contributed by atoms with Gasteiger partial charge in [-0.15, -0.1) is 0 Å². The summed E-state index contributed by atoms with van der Waals surface area (Å²) in [5.74, 6) is -0.0441. The zero-order valence-electron chi connectivity index (χ0n) is 9.38. The Morgan fingerprint density at radius 2 is 2.19 bits per heavy atom. The van der Waals surface area contributed by atoms with Crippen LogP contribution in [0.1, 0.15) is 13.8 Å². The number of hydrogen-bond acceptors (Lipinski definition) is 3. The number of amides is 1. The number of hydrogen-bond donors (Lipinski definition) is 3. The van der Waals surface area contributed by atoms with Crippen LogP contribution in [0.2, 0.25) is 0 Å². The van der Waals surface area contributed by atoms with Gasteiger partial charge in [0.25, 0.3) is 0 Å². The minimum atomic E-state index is -0.0441. The standard InChI is InChI=1S/C11H16BrN3O/c1-7(2)15-11(16)6-14-10-4-3-8(12)5-9(10)13/h3-5,7,14H,6,13H2,1-2H3,(H,15,16). The minimum absolute atomic E-state index is 0.0441. The van der Waals surface area contributed by atoms with Gasteiger partial charge in [-0.2, -0.15) is 0 Å². The van der Waals surface area contributed by atoms with Gasteiger partial charge in [0.2, 0.25) is 5.91 Å². The molecular weight excluding hydrogens is 270 g/mol. The number of carbonyl (C=O) groups is 1. The van der Waals surface area contributed by atoms with Crippen molar-refractivity contribution in [3.8, 4) is 0 Å². The van der Waals surface area contributed by atoms with Gasteiger partial charge in [-0.3, -0.25) is 4.79 Å². The van der Waals surface area contributed by atoms with E-state index < -0.39 is 0 Å². The first-order valence-electron chi connectivity index (χ1n) is 5.07. The molecule has 0 saturated heterocycles. The van der Waals surface area contributed by atoms with Crippen LogP contribution in [0.15, 0.2) is 22.7 Å². The monoisotopic (exact) mass is 285 g/mol. The number of carbonyl (C=O) groups excluding carboxylic acids is 1. The van der Waals surface area contributed by atoms with E-state index in [1.807, 2.05) is 26.0 Å². The molecule has 0 aliphatic carbocycles. The number of nitrogen functional groups attached to an aromatic ring is 1. The van der Waals surface area contributed by atoms with Gasteiger partial charge in [0.15, 0.2) is 0 Å². The summed E-state index contributed by atoms with van der Waals surface area (Å²) >= 11 is 3.32. The van der Waals surface area contributed by atoms with Gasteiger partial charge in [0.1, 0.15) is 0 Å². The number of halogens is 1. The van der Waals surface area contributed by atoms with E-state index in [2.05, 4.69) is 26.6 Å². The van der Waals surface area contributed by atoms with Crippen LogP contribution in [0.4, 0.5) is 11.4 Å². The van der Waals surface area contributed by atoms with Crippen LogP contribution < -0.4 is 16.4 Å². The molecule has 1 amide bonds. The maximum atomic E-state index is 11.4. The van der Waals surface area contributed by atoms with Gasteiger partial charge in [0, 0.05) is 10.5 Å². The lowest BCUT2D eigenvalue weighted by atomic mass is 10.2. The van der Waals surface area contributed by atoms with E-state index >= 15 is 0 Å². The second-order valence-corrected chi connectivity index (χ2v) is 4.72. The molecule has 0 aliphatic heterocycles. The average molecular weight is 286 g/mol. The molecule has 0 bridgehead atoms. The molecular formula is C11H16BrN3O. The van der Waals surface area contributed by atoms with E-state index in [1.165, 1.54) is 0 Å². The Kier molecular flexibility index (Phi) is 4.61. The van der Waals surface area contributed by atoms with Crippen molar-refractivity contribution in [3.63, 3.8) is 0 Å². The number of anilines is 2. The van der Waals surface area contributed by atoms with Crippen LogP contribution in [0.25, 0.3) is 0 Å². The maximum absolute atomic E-state index is 11.4. The second kappa shape index (κ2) is 5.75. The lowest BCUT2D eigenvalue weighted by Gasteiger charge is -2.11.